The van der Waals surface area contributed by atoms with Crippen molar-refractivity contribution in [3.8, 4) is 11.3 Å². The average Bonchev–Trinajstić information content (AvgIpc) is 2.61. The zero-order chi connectivity index (χ0) is 16.9. The minimum absolute atomic E-state index is 0.357. The molecular formula is C20H28N4. The van der Waals surface area contributed by atoms with Crippen molar-refractivity contribution in [3.63, 3.8) is 0 Å². The summed E-state index contributed by atoms with van der Waals surface area (Å²) in [4.78, 5) is 11.3. The number of nitrogens with zero attached hydrogens (tertiary/aromatic N) is 3. The van der Waals surface area contributed by atoms with Gasteiger partial charge in [0.05, 0.1) is 5.69 Å². The van der Waals surface area contributed by atoms with Crippen molar-refractivity contribution >= 4 is 11.8 Å². The second kappa shape index (κ2) is 7.65. The van der Waals surface area contributed by atoms with Gasteiger partial charge in [0.1, 0.15) is 5.82 Å². The van der Waals surface area contributed by atoms with E-state index < -0.39 is 0 Å². The van der Waals surface area contributed by atoms with E-state index in [-0.39, 0.29) is 0 Å². The lowest BCUT2D eigenvalue weighted by atomic mass is 9.83. The van der Waals surface area contributed by atoms with E-state index in [1.165, 1.54) is 25.7 Å². The van der Waals surface area contributed by atoms with E-state index in [9.17, 15) is 0 Å². The molecule has 2 aromatic rings. The number of unbranched alkanes of at least 4 members (excludes halogenated alkanes) is 1. The summed E-state index contributed by atoms with van der Waals surface area (Å²) < 4.78 is 0. The molecule has 128 valence electrons. The maximum Gasteiger partial charge on any atom is 0.222 e. The van der Waals surface area contributed by atoms with Crippen LogP contribution < -0.4 is 10.6 Å². The highest BCUT2D eigenvalue weighted by atomic mass is 15.2. The van der Waals surface area contributed by atoms with Gasteiger partial charge in [0.25, 0.3) is 0 Å². The van der Waals surface area contributed by atoms with Crippen LogP contribution in [-0.4, -0.2) is 23.1 Å². The van der Waals surface area contributed by atoms with Gasteiger partial charge in [0, 0.05) is 24.7 Å². The van der Waals surface area contributed by atoms with Crippen LogP contribution in [0.4, 0.5) is 11.8 Å². The Kier molecular flexibility index (Phi) is 5.34. The zero-order valence-electron chi connectivity index (χ0n) is 14.8. The van der Waals surface area contributed by atoms with E-state index in [4.69, 9.17) is 5.73 Å². The van der Waals surface area contributed by atoms with Gasteiger partial charge >= 0.3 is 0 Å². The SMILES string of the molecule is CCCC[C@@H]1CN(c2cc(-c3ccccc3)nc(N)n2)CC[C@@H]1C. The van der Waals surface area contributed by atoms with E-state index in [2.05, 4.69) is 46.9 Å². The molecular weight excluding hydrogens is 296 g/mol. The number of benzene rings is 1. The van der Waals surface area contributed by atoms with Crippen LogP contribution in [0.5, 0.6) is 0 Å². The Bertz CT molecular complexity index is 656. The monoisotopic (exact) mass is 324 g/mol. The van der Waals surface area contributed by atoms with Crippen molar-refractivity contribution in [2.45, 2.75) is 39.5 Å². The van der Waals surface area contributed by atoms with E-state index >= 15 is 0 Å². The number of hydrogen-bond acceptors (Lipinski definition) is 4. The van der Waals surface area contributed by atoms with Gasteiger partial charge in [0.2, 0.25) is 5.95 Å². The van der Waals surface area contributed by atoms with Gasteiger partial charge in [0.15, 0.2) is 0 Å². The number of anilines is 2. The summed E-state index contributed by atoms with van der Waals surface area (Å²) in [6.45, 7) is 6.78. The summed E-state index contributed by atoms with van der Waals surface area (Å²) in [5, 5.41) is 0. The third-order valence-electron chi connectivity index (χ3n) is 5.17. The molecule has 1 saturated heterocycles. The molecule has 2 heterocycles. The molecule has 24 heavy (non-hydrogen) atoms. The van der Waals surface area contributed by atoms with E-state index in [1.54, 1.807) is 0 Å². The molecule has 1 aliphatic heterocycles. The fraction of sp³-hybridized carbons (Fsp3) is 0.500. The third-order valence-corrected chi connectivity index (χ3v) is 5.17. The molecule has 0 aliphatic carbocycles. The summed E-state index contributed by atoms with van der Waals surface area (Å²) in [6.07, 6.45) is 5.10. The highest BCUT2D eigenvalue weighted by molar-refractivity contribution is 5.64. The lowest BCUT2D eigenvalue weighted by Crippen LogP contribution is -2.40. The lowest BCUT2D eigenvalue weighted by molar-refractivity contribution is 0.278. The molecule has 4 nitrogen and oxygen atoms in total. The van der Waals surface area contributed by atoms with Crippen molar-refractivity contribution in [2.75, 3.05) is 23.7 Å². The van der Waals surface area contributed by atoms with Crippen LogP contribution in [0.3, 0.4) is 0 Å². The normalized spacial score (nSPS) is 21.0. The number of hydrogen-bond donors (Lipinski definition) is 1. The maximum atomic E-state index is 6.00. The Hall–Kier alpha value is -2.10. The predicted molar refractivity (Wildman–Crippen MR) is 101 cm³/mol. The second-order valence-corrected chi connectivity index (χ2v) is 6.95. The van der Waals surface area contributed by atoms with E-state index in [1.807, 2.05) is 18.2 Å². The first-order valence-corrected chi connectivity index (χ1v) is 9.12. The quantitative estimate of drug-likeness (QED) is 0.887. The fourth-order valence-electron chi connectivity index (χ4n) is 3.57. The molecule has 1 aliphatic rings. The Balaban J connectivity index is 1.82. The first-order valence-electron chi connectivity index (χ1n) is 9.12. The molecule has 0 bridgehead atoms. The van der Waals surface area contributed by atoms with Crippen LogP contribution in [0.2, 0.25) is 0 Å². The van der Waals surface area contributed by atoms with Gasteiger partial charge in [-0.3, -0.25) is 0 Å². The number of rotatable bonds is 5. The molecule has 1 aromatic heterocycles. The molecule has 1 fully saturated rings. The molecule has 0 spiro atoms. The largest absolute Gasteiger partial charge is 0.368 e. The molecule has 0 radical (unpaired) electrons. The van der Waals surface area contributed by atoms with Crippen molar-refractivity contribution in [3.05, 3.63) is 36.4 Å². The van der Waals surface area contributed by atoms with Crippen LogP contribution >= 0.6 is 0 Å². The number of nitrogens with two attached hydrogens (primary N) is 1. The summed E-state index contributed by atoms with van der Waals surface area (Å²) in [5.41, 5.74) is 7.99. The zero-order valence-corrected chi connectivity index (χ0v) is 14.8. The van der Waals surface area contributed by atoms with Crippen LogP contribution in [0.25, 0.3) is 11.3 Å². The molecule has 0 unspecified atom stereocenters. The molecule has 0 amide bonds. The molecule has 2 atom stereocenters. The Labute approximate surface area is 145 Å². The smallest absolute Gasteiger partial charge is 0.222 e. The summed E-state index contributed by atoms with van der Waals surface area (Å²) >= 11 is 0. The van der Waals surface area contributed by atoms with Crippen molar-refractivity contribution in [1.82, 2.24) is 9.97 Å². The lowest BCUT2D eigenvalue weighted by Gasteiger charge is -2.38. The molecule has 4 heteroatoms. The van der Waals surface area contributed by atoms with Gasteiger partial charge in [-0.1, -0.05) is 57.0 Å². The summed E-state index contributed by atoms with van der Waals surface area (Å²) in [7, 11) is 0. The second-order valence-electron chi connectivity index (χ2n) is 6.95. The van der Waals surface area contributed by atoms with Gasteiger partial charge in [-0.15, -0.1) is 0 Å². The van der Waals surface area contributed by atoms with E-state index in [0.29, 0.717) is 5.95 Å². The Morgan fingerprint density at radius 3 is 2.75 bits per heavy atom. The molecule has 1 aromatic carbocycles. The van der Waals surface area contributed by atoms with Gasteiger partial charge in [-0.2, -0.15) is 4.98 Å². The fourth-order valence-corrected chi connectivity index (χ4v) is 3.57. The third kappa shape index (κ3) is 3.86. The standard InChI is InChI=1S/C20H28N4/c1-3-4-8-17-14-24(12-11-15(17)2)19-13-18(22-20(21)23-19)16-9-6-5-7-10-16/h5-7,9-10,13,15,17H,3-4,8,11-12,14H2,1-2H3,(H2,21,22,23)/t15-,17+/m0/s1. The van der Waals surface area contributed by atoms with Crippen molar-refractivity contribution < 1.29 is 0 Å². The molecule has 3 rings (SSSR count). The van der Waals surface area contributed by atoms with Gasteiger partial charge < -0.3 is 10.6 Å². The highest BCUT2D eigenvalue weighted by Crippen LogP contribution is 2.31. The highest BCUT2D eigenvalue weighted by Gasteiger charge is 2.26. The van der Waals surface area contributed by atoms with Crippen molar-refractivity contribution in [2.24, 2.45) is 11.8 Å². The van der Waals surface area contributed by atoms with Crippen LogP contribution in [-0.2, 0) is 0 Å². The molecule has 2 N–H and O–H groups in total. The first kappa shape index (κ1) is 16.7. The van der Waals surface area contributed by atoms with E-state index in [0.717, 1.165) is 42.0 Å². The van der Waals surface area contributed by atoms with Crippen LogP contribution in [0.1, 0.15) is 39.5 Å². The predicted octanol–water partition coefficient (Wildman–Crippen LogP) is 4.38. The summed E-state index contributed by atoms with van der Waals surface area (Å²) in [5.74, 6) is 2.86. The van der Waals surface area contributed by atoms with Gasteiger partial charge in [-0.05, 0) is 24.7 Å². The minimum atomic E-state index is 0.357. The van der Waals surface area contributed by atoms with Crippen molar-refractivity contribution in [1.29, 1.82) is 0 Å². The topological polar surface area (TPSA) is 55.0 Å². The first-order chi connectivity index (χ1) is 11.7. The molecule has 0 saturated carbocycles. The number of aromatic nitrogens is 2. The number of nitrogen functional groups attached to an aromatic ring is 1. The number of piperidine rings is 1. The average molecular weight is 324 g/mol. The Morgan fingerprint density at radius 1 is 1.21 bits per heavy atom. The van der Waals surface area contributed by atoms with Crippen LogP contribution in [0.15, 0.2) is 36.4 Å². The van der Waals surface area contributed by atoms with Gasteiger partial charge in [-0.25, -0.2) is 4.98 Å². The summed E-state index contributed by atoms with van der Waals surface area (Å²) in [6, 6.07) is 12.3. The minimum Gasteiger partial charge on any atom is -0.368 e. The van der Waals surface area contributed by atoms with Crippen LogP contribution in [0, 0.1) is 11.8 Å². The maximum absolute atomic E-state index is 6.00. The Morgan fingerprint density at radius 2 is 2.00 bits per heavy atom.